The average molecular weight is 377 g/mol. The number of benzene rings is 2. The molecule has 0 fully saturated rings. The van der Waals surface area contributed by atoms with Crippen LogP contribution in [0.3, 0.4) is 0 Å². The Morgan fingerprint density at radius 3 is 2.55 bits per heavy atom. The lowest BCUT2D eigenvalue weighted by Gasteiger charge is -2.06. The van der Waals surface area contributed by atoms with Gasteiger partial charge in [0, 0.05) is 27.2 Å². The molecule has 3 rings (SSSR count). The largest absolute Gasteiger partial charge is 0.478 e. The Labute approximate surface area is 130 Å². The zero-order chi connectivity index (χ0) is 14.1. The van der Waals surface area contributed by atoms with Crippen LogP contribution in [-0.2, 0) is 6.54 Å². The summed E-state index contributed by atoms with van der Waals surface area (Å²) in [5.41, 5.74) is 2.50. The van der Waals surface area contributed by atoms with E-state index < -0.39 is 5.97 Å². The smallest absolute Gasteiger partial charge is 0.336 e. The first-order valence-electron chi connectivity index (χ1n) is 6.21. The summed E-state index contributed by atoms with van der Waals surface area (Å²) in [6, 6.07) is 15.6. The fraction of sp³-hybridized carbons (Fsp3) is 0.0625. The highest BCUT2D eigenvalue weighted by molar-refractivity contribution is 14.1. The van der Waals surface area contributed by atoms with E-state index in [1.807, 2.05) is 18.3 Å². The first-order chi connectivity index (χ1) is 9.65. The lowest BCUT2D eigenvalue weighted by Crippen LogP contribution is -2.00. The predicted molar refractivity (Wildman–Crippen MR) is 87.2 cm³/mol. The van der Waals surface area contributed by atoms with Crippen LogP contribution in [0.25, 0.3) is 10.9 Å². The van der Waals surface area contributed by atoms with Crippen molar-refractivity contribution in [3.05, 3.63) is 69.4 Å². The third kappa shape index (κ3) is 2.43. The highest BCUT2D eigenvalue weighted by Gasteiger charge is 2.10. The summed E-state index contributed by atoms with van der Waals surface area (Å²) in [6.45, 7) is 0.740. The van der Waals surface area contributed by atoms with Gasteiger partial charge >= 0.3 is 5.97 Å². The number of carboxylic acids is 1. The molecule has 1 heterocycles. The zero-order valence-corrected chi connectivity index (χ0v) is 12.7. The molecule has 100 valence electrons. The maximum atomic E-state index is 11.2. The number of aromatic carboxylic acids is 1. The maximum absolute atomic E-state index is 11.2. The molecule has 0 unspecified atom stereocenters. The molecule has 0 saturated carbocycles. The van der Waals surface area contributed by atoms with Gasteiger partial charge in [0.2, 0.25) is 0 Å². The number of hydrogen-bond acceptors (Lipinski definition) is 1. The molecule has 0 bridgehead atoms. The number of fused-ring (bicyclic) bond motifs is 1. The van der Waals surface area contributed by atoms with Gasteiger partial charge < -0.3 is 9.67 Å². The van der Waals surface area contributed by atoms with E-state index in [1.54, 1.807) is 12.1 Å². The average Bonchev–Trinajstić information content (AvgIpc) is 2.84. The lowest BCUT2D eigenvalue weighted by atomic mass is 10.1. The zero-order valence-electron chi connectivity index (χ0n) is 10.6. The highest BCUT2D eigenvalue weighted by Crippen LogP contribution is 2.21. The van der Waals surface area contributed by atoms with Crippen LogP contribution < -0.4 is 0 Å². The second-order valence-electron chi connectivity index (χ2n) is 4.61. The molecule has 0 aliphatic heterocycles. The van der Waals surface area contributed by atoms with Crippen LogP contribution >= 0.6 is 22.6 Å². The van der Waals surface area contributed by atoms with Crippen LogP contribution in [0.15, 0.2) is 54.7 Å². The van der Waals surface area contributed by atoms with Crippen molar-refractivity contribution in [1.82, 2.24) is 4.57 Å². The number of rotatable bonds is 3. The van der Waals surface area contributed by atoms with Crippen LogP contribution in [-0.4, -0.2) is 15.6 Å². The summed E-state index contributed by atoms with van der Waals surface area (Å²) in [4.78, 5) is 11.2. The van der Waals surface area contributed by atoms with E-state index in [2.05, 4.69) is 51.4 Å². The van der Waals surface area contributed by atoms with Crippen LogP contribution in [0, 0.1) is 3.57 Å². The molecule has 2 aromatic carbocycles. The molecule has 0 aliphatic carbocycles. The van der Waals surface area contributed by atoms with Gasteiger partial charge in [0.25, 0.3) is 0 Å². The normalized spacial score (nSPS) is 10.8. The van der Waals surface area contributed by atoms with Gasteiger partial charge in [0.05, 0.1) is 5.56 Å². The summed E-state index contributed by atoms with van der Waals surface area (Å²) in [7, 11) is 0. The van der Waals surface area contributed by atoms with Crippen molar-refractivity contribution in [2.24, 2.45) is 0 Å². The second kappa shape index (κ2) is 5.28. The van der Waals surface area contributed by atoms with E-state index in [4.69, 9.17) is 0 Å². The van der Waals surface area contributed by atoms with Crippen LogP contribution in [0.5, 0.6) is 0 Å². The summed E-state index contributed by atoms with van der Waals surface area (Å²) < 4.78 is 3.28. The van der Waals surface area contributed by atoms with Crippen molar-refractivity contribution in [3.63, 3.8) is 0 Å². The molecule has 20 heavy (non-hydrogen) atoms. The molecule has 0 saturated heterocycles. The minimum Gasteiger partial charge on any atom is -0.478 e. The van der Waals surface area contributed by atoms with Gasteiger partial charge in [-0.25, -0.2) is 4.79 Å². The molecule has 3 aromatic rings. The van der Waals surface area contributed by atoms with E-state index in [9.17, 15) is 9.90 Å². The number of carboxylic acid groups (broad SMARTS) is 1. The molecule has 4 heteroatoms. The van der Waals surface area contributed by atoms with Crippen molar-refractivity contribution in [2.75, 3.05) is 0 Å². The highest BCUT2D eigenvalue weighted by atomic mass is 127. The quantitative estimate of drug-likeness (QED) is 0.702. The summed E-state index contributed by atoms with van der Waals surface area (Å²) in [6.07, 6.45) is 1.94. The van der Waals surface area contributed by atoms with Crippen molar-refractivity contribution < 1.29 is 9.90 Å². The van der Waals surface area contributed by atoms with Gasteiger partial charge in [-0.3, -0.25) is 0 Å². The van der Waals surface area contributed by atoms with E-state index >= 15 is 0 Å². The maximum Gasteiger partial charge on any atom is 0.336 e. The fourth-order valence-electron chi connectivity index (χ4n) is 2.33. The monoisotopic (exact) mass is 377 g/mol. The van der Waals surface area contributed by atoms with E-state index in [0.29, 0.717) is 5.56 Å². The first-order valence-corrected chi connectivity index (χ1v) is 7.28. The van der Waals surface area contributed by atoms with Crippen molar-refractivity contribution in [3.8, 4) is 0 Å². The SMILES string of the molecule is O=C(O)c1cccc2c1ccn2Cc1ccc(I)cc1. The van der Waals surface area contributed by atoms with Gasteiger partial charge in [0.1, 0.15) is 0 Å². The molecule has 1 N–H and O–H groups in total. The molecule has 0 radical (unpaired) electrons. The standard InChI is InChI=1S/C16H12INO2/c17-12-6-4-11(5-7-12)10-18-9-8-13-14(16(19)20)2-1-3-15(13)18/h1-9H,10H2,(H,19,20). The number of halogens is 1. The van der Waals surface area contributed by atoms with Gasteiger partial charge in [-0.1, -0.05) is 18.2 Å². The Morgan fingerprint density at radius 2 is 1.85 bits per heavy atom. The Morgan fingerprint density at radius 1 is 1.10 bits per heavy atom. The van der Waals surface area contributed by atoms with Crippen molar-refractivity contribution >= 4 is 39.5 Å². The predicted octanol–water partition coefficient (Wildman–Crippen LogP) is 3.99. The molecule has 0 atom stereocenters. The van der Waals surface area contributed by atoms with E-state index in [-0.39, 0.29) is 0 Å². The molecular weight excluding hydrogens is 365 g/mol. The number of aromatic nitrogens is 1. The van der Waals surface area contributed by atoms with Gasteiger partial charge in [-0.15, -0.1) is 0 Å². The first kappa shape index (κ1) is 13.2. The second-order valence-corrected chi connectivity index (χ2v) is 5.86. The Balaban J connectivity index is 2.03. The summed E-state index contributed by atoms with van der Waals surface area (Å²) in [5.74, 6) is -0.886. The van der Waals surface area contributed by atoms with Crippen LogP contribution in [0.4, 0.5) is 0 Å². The Hall–Kier alpha value is -1.82. The number of carbonyl (C=O) groups is 1. The van der Waals surface area contributed by atoms with Crippen molar-refractivity contribution in [1.29, 1.82) is 0 Å². The van der Waals surface area contributed by atoms with Crippen LogP contribution in [0.1, 0.15) is 15.9 Å². The Kier molecular flexibility index (Phi) is 3.48. The molecule has 0 amide bonds. The van der Waals surface area contributed by atoms with Gasteiger partial charge in [-0.2, -0.15) is 0 Å². The lowest BCUT2D eigenvalue weighted by molar-refractivity contribution is 0.0699. The number of nitrogens with zero attached hydrogens (tertiary/aromatic N) is 1. The molecule has 0 aliphatic rings. The molecule has 1 aromatic heterocycles. The molecule has 3 nitrogen and oxygen atoms in total. The topological polar surface area (TPSA) is 42.2 Å². The van der Waals surface area contributed by atoms with E-state index in [0.717, 1.165) is 17.4 Å². The molecule has 0 spiro atoms. The Bertz CT molecular complexity index is 775. The third-order valence-electron chi connectivity index (χ3n) is 3.31. The minimum absolute atomic E-state index is 0.351. The number of hydrogen-bond donors (Lipinski definition) is 1. The van der Waals surface area contributed by atoms with Crippen molar-refractivity contribution in [2.45, 2.75) is 6.54 Å². The van der Waals surface area contributed by atoms with Crippen LogP contribution in [0.2, 0.25) is 0 Å². The summed E-state index contributed by atoms with van der Waals surface area (Å²) >= 11 is 2.28. The summed E-state index contributed by atoms with van der Waals surface area (Å²) in [5, 5.41) is 9.99. The van der Waals surface area contributed by atoms with Gasteiger partial charge in [-0.05, 0) is 58.5 Å². The minimum atomic E-state index is -0.886. The molecular formula is C16H12INO2. The third-order valence-corrected chi connectivity index (χ3v) is 4.03. The van der Waals surface area contributed by atoms with Gasteiger partial charge in [0.15, 0.2) is 0 Å². The van der Waals surface area contributed by atoms with E-state index in [1.165, 1.54) is 9.13 Å². The fourth-order valence-corrected chi connectivity index (χ4v) is 2.69.